The number of hydrogen-bond donors (Lipinski definition) is 1. The van der Waals surface area contributed by atoms with Gasteiger partial charge in [-0.1, -0.05) is 24.3 Å². The van der Waals surface area contributed by atoms with Gasteiger partial charge in [0.05, 0.1) is 0 Å². The maximum atomic E-state index is 9.15. The number of hydrogen-bond acceptors (Lipinski definition) is 2. The second kappa shape index (κ2) is 4.62. The van der Waals surface area contributed by atoms with E-state index in [2.05, 4.69) is 4.98 Å². The van der Waals surface area contributed by atoms with Gasteiger partial charge in [-0.2, -0.15) is 0 Å². The Morgan fingerprint density at radius 2 is 1.69 bits per heavy atom. The fraction of sp³-hybridized carbons (Fsp3) is 0.0714. The van der Waals surface area contributed by atoms with E-state index in [1.165, 1.54) is 0 Å². The molecule has 0 aliphatic heterocycles. The zero-order valence-corrected chi connectivity index (χ0v) is 9.09. The number of benzene rings is 1. The van der Waals surface area contributed by atoms with E-state index in [-0.39, 0.29) is 5.75 Å². The molecule has 0 radical (unpaired) electrons. The lowest BCUT2D eigenvalue weighted by atomic mass is 10.1. The van der Waals surface area contributed by atoms with E-state index in [1.807, 2.05) is 43.3 Å². The lowest BCUT2D eigenvalue weighted by Gasteiger charge is -1.96. The molecule has 2 aromatic rings. The van der Waals surface area contributed by atoms with Crippen LogP contribution >= 0.6 is 0 Å². The van der Waals surface area contributed by atoms with Crippen molar-refractivity contribution in [2.75, 3.05) is 0 Å². The van der Waals surface area contributed by atoms with Gasteiger partial charge in [0.25, 0.3) is 0 Å². The van der Waals surface area contributed by atoms with Crippen LogP contribution in [0, 0.1) is 6.92 Å². The van der Waals surface area contributed by atoms with Crippen LogP contribution in [0.3, 0.4) is 0 Å². The Morgan fingerprint density at radius 3 is 2.38 bits per heavy atom. The van der Waals surface area contributed by atoms with Crippen molar-refractivity contribution >= 4 is 12.2 Å². The van der Waals surface area contributed by atoms with E-state index in [9.17, 15) is 0 Å². The van der Waals surface area contributed by atoms with Crippen LogP contribution in [0.15, 0.2) is 42.6 Å². The highest BCUT2D eigenvalue weighted by Crippen LogP contribution is 2.12. The van der Waals surface area contributed by atoms with Gasteiger partial charge >= 0.3 is 0 Å². The molecule has 0 fully saturated rings. The lowest BCUT2D eigenvalue weighted by Crippen LogP contribution is -1.80. The molecule has 0 saturated heterocycles. The molecule has 1 aromatic heterocycles. The molecule has 0 bridgehead atoms. The van der Waals surface area contributed by atoms with Gasteiger partial charge in [-0.25, -0.2) is 0 Å². The topological polar surface area (TPSA) is 33.1 Å². The number of rotatable bonds is 2. The van der Waals surface area contributed by atoms with E-state index in [4.69, 9.17) is 5.11 Å². The third kappa shape index (κ3) is 2.70. The highest BCUT2D eigenvalue weighted by Gasteiger charge is 1.90. The summed E-state index contributed by atoms with van der Waals surface area (Å²) in [5, 5.41) is 9.15. The van der Waals surface area contributed by atoms with Gasteiger partial charge in [-0.15, -0.1) is 0 Å². The molecule has 1 N–H and O–H groups in total. The van der Waals surface area contributed by atoms with E-state index < -0.39 is 0 Å². The summed E-state index contributed by atoms with van der Waals surface area (Å²) < 4.78 is 0. The molecule has 2 heteroatoms. The number of aromatic nitrogens is 1. The molecule has 0 aliphatic carbocycles. The molecule has 2 rings (SSSR count). The minimum Gasteiger partial charge on any atom is -0.508 e. The van der Waals surface area contributed by atoms with E-state index >= 15 is 0 Å². The van der Waals surface area contributed by atoms with Crippen LogP contribution in [0.25, 0.3) is 12.2 Å². The second-order valence-electron chi connectivity index (χ2n) is 3.66. The first kappa shape index (κ1) is 10.4. The molecular weight excluding hydrogens is 198 g/mol. The molecule has 0 unspecified atom stereocenters. The molecule has 0 atom stereocenters. The number of phenols is 1. The molecule has 1 aromatic carbocycles. The highest BCUT2D eigenvalue weighted by molar-refractivity contribution is 5.69. The van der Waals surface area contributed by atoms with Crippen molar-refractivity contribution in [1.29, 1.82) is 0 Å². The molecule has 1 heterocycles. The summed E-state index contributed by atoms with van der Waals surface area (Å²) in [5.74, 6) is 0.289. The van der Waals surface area contributed by atoms with Gasteiger partial charge in [-0.05, 0) is 42.3 Å². The molecular formula is C14H13NO. The van der Waals surface area contributed by atoms with Crippen molar-refractivity contribution in [2.24, 2.45) is 0 Å². The highest BCUT2D eigenvalue weighted by atomic mass is 16.3. The molecule has 2 nitrogen and oxygen atoms in total. The van der Waals surface area contributed by atoms with E-state index in [1.54, 1.807) is 18.3 Å². The summed E-state index contributed by atoms with van der Waals surface area (Å²) in [5.41, 5.74) is 3.20. The predicted octanol–water partition coefficient (Wildman–Crippen LogP) is 3.27. The first-order chi connectivity index (χ1) is 7.74. The first-order valence-corrected chi connectivity index (χ1v) is 5.14. The Morgan fingerprint density at radius 1 is 1.00 bits per heavy atom. The molecule has 0 aliphatic rings. The van der Waals surface area contributed by atoms with E-state index in [0.717, 1.165) is 16.8 Å². The van der Waals surface area contributed by atoms with Crippen LogP contribution in [0.5, 0.6) is 5.75 Å². The maximum Gasteiger partial charge on any atom is 0.115 e. The summed E-state index contributed by atoms with van der Waals surface area (Å²) in [6, 6.07) is 11.1. The predicted molar refractivity (Wildman–Crippen MR) is 66.0 cm³/mol. The van der Waals surface area contributed by atoms with E-state index in [0.29, 0.717) is 0 Å². The zero-order chi connectivity index (χ0) is 11.4. The van der Waals surface area contributed by atoms with Gasteiger partial charge in [0.1, 0.15) is 5.75 Å². The fourth-order valence-electron chi connectivity index (χ4n) is 1.45. The molecule has 0 saturated carbocycles. The van der Waals surface area contributed by atoms with Crippen molar-refractivity contribution in [1.82, 2.24) is 4.98 Å². The zero-order valence-electron chi connectivity index (χ0n) is 9.09. The third-order valence-electron chi connectivity index (χ3n) is 2.28. The standard InChI is InChI=1S/C14H13NO/c1-11-10-13(8-9-15-11)3-2-12-4-6-14(16)7-5-12/h2-10,16H,1H3/b3-2+. The Labute approximate surface area is 94.9 Å². The summed E-state index contributed by atoms with van der Waals surface area (Å²) in [6.45, 7) is 1.97. The second-order valence-corrected chi connectivity index (χ2v) is 3.66. The Balaban J connectivity index is 2.18. The number of nitrogens with zero attached hydrogens (tertiary/aromatic N) is 1. The van der Waals surface area contributed by atoms with Gasteiger partial charge in [0.2, 0.25) is 0 Å². The normalized spacial score (nSPS) is 10.8. The van der Waals surface area contributed by atoms with Crippen LogP contribution in [0.2, 0.25) is 0 Å². The summed E-state index contributed by atoms with van der Waals surface area (Å²) in [4.78, 5) is 4.14. The van der Waals surface area contributed by atoms with Crippen LogP contribution < -0.4 is 0 Å². The van der Waals surface area contributed by atoms with Crippen molar-refractivity contribution in [3.05, 3.63) is 59.4 Å². The average molecular weight is 211 g/mol. The Bertz CT molecular complexity index is 500. The Kier molecular flexibility index (Phi) is 3.01. The van der Waals surface area contributed by atoms with Crippen LogP contribution in [-0.4, -0.2) is 10.1 Å². The minimum absolute atomic E-state index is 0.289. The van der Waals surface area contributed by atoms with Crippen molar-refractivity contribution in [2.45, 2.75) is 6.92 Å². The third-order valence-corrected chi connectivity index (χ3v) is 2.28. The summed E-state index contributed by atoms with van der Waals surface area (Å²) in [7, 11) is 0. The van der Waals surface area contributed by atoms with Gasteiger partial charge in [0, 0.05) is 11.9 Å². The Hall–Kier alpha value is -2.09. The molecule has 0 spiro atoms. The fourth-order valence-corrected chi connectivity index (χ4v) is 1.45. The maximum absolute atomic E-state index is 9.15. The van der Waals surface area contributed by atoms with Gasteiger partial charge in [0.15, 0.2) is 0 Å². The van der Waals surface area contributed by atoms with Crippen LogP contribution in [-0.2, 0) is 0 Å². The van der Waals surface area contributed by atoms with Gasteiger partial charge < -0.3 is 5.11 Å². The molecule has 16 heavy (non-hydrogen) atoms. The molecule has 0 amide bonds. The summed E-state index contributed by atoms with van der Waals surface area (Å²) >= 11 is 0. The molecule has 80 valence electrons. The monoisotopic (exact) mass is 211 g/mol. The lowest BCUT2D eigenvalue weighted by molar-refractivity contribution is 0.475. The number of aromatic hydroxyl groups is 1. The number of phenolic OH excluding ortho intramolecular Hbond substituents is 1. The quantitative estimate of drug-likeness (QED) is 0.827. The number of pyridine rings is 1. The van der Waals surface area contributed by atoms with Gasteiger partial charge in [-0.3, -0.25) is 4.98 Å². The SMILES string of the molecule is Cc1cc(/C=C/c2ccc(O)cc2)ccn1. The van der Waals surface area contributed by atoms with Crippen LogP contribution in [0.4, 0.5) is 0 Å². The summed E-state index contributed by atoms with van der Waals surface area (Å²) in [6.07, 6.45) is 5.83. The van der Waals surface area contributed by atoms with Crippen molar-refractivity contribution < 1.29 is 5.11 Å². The minimum atomic E-state index is 0.289. The number of aryl methyl sites for hydroxylation is 1. The van der Waals surface area contributed by atoms with Crippen molar-refractivity contribution in [3.63, 3.8) is 0 Å². The van der Waals surface area contributed by atoms with Crippen LogP contribution in [0.1, 0.15) is 16.8 Å². The largest absolute Gasteiger partial charge is 0.508 e. The first-order valence-electron chi connectivity index (χ1n) is 5.14. The smallest absolute Gasteiger partial charge is 0.115 e. The van der Waals surface area contributed by atoms with Crippen molar-refractivity contribution in [3.8, 4) is 5.75 Å². The average Bonchev–Trinajstić information content (AvgIpc) is 2.28.